The lowest BCUT2D eigenvalue weighted by Gasteiger charge is -2.37. The quantitative estimate of drug-likeness (QED) is 0.812. The van der Waals surface area contributed by atoms with Crippen molar-refractivity contribution in [2.75, 3.05) is 26.2 Å². The van der Waals surface area contributed by atoms with Gasteiger partial charge in [-0.1, -0.05) is 24.3 Å². The normalized spacial score (nSPS) is 21.9. The van der Waals surface area contributed by atoms with Crippen molar-refractivity contribution in [3.8, 4) is 0 Å². The highest BCUT2D eigenvalue weighted by Gasteiger charge is 2.36. The SMILES string of the molecule is O=C1OC(N2CCN(Cc3ccccn3)CC2)c2ccccc21. The lowest BCUT2D eigenvalue weighted by molar-refractivity contribution is -0.0420. The van der Waals surface area contributed by atoms with Crippen molar-refractivity contribution in [1.82, 2.24) is 14.8 Å². The Kier molecular flexibility index (Phi) is 3.81. The lowest BCUT2D eigenvalue weighted by atomic mass is 10.1. The third kappa shape index (κ3) is 2.85. The van der Waals surface area contributed by atoms with Crippen molar-refractivity contribution in [2.24, 2.45) is 0 Å². The molecule has 1 atom stereocenters. The molecule has 0 spiro atoms. The van der Waals surface area contributed by atoms with Gasteiger partial charge in [0, 0.05) is 44.5 Å². The summed E-state index contributed by atoms with van der Waals surface area (Å²) in [5, 5.41) is 0. The number of aromatic nitrogens is 1. The van der Waals surface area contributed by atoms with E-state index in [4.69, 9.17) is 4.74 Å². The fraction of sp³-hybridized carbons (Fsp3) is 0.333. The van der Waals surface area contributed by atoms with Crippen LogP contribution in [-0.2, 0) is 11.3 Å². The fourth-order valence-electron chi connectivity index (χ4n) is 3.27. The van der Waals surface area contributed by atoms with E-state index in [2.05, 4.69) is 20.9 Å². The Morgan fingerprint density at radius 1 is 1.04 bits per heavy atom. The molecule has 0 bridgehead atoms. The first-order valence-corrected chi connectivity index (χ1v) is 7.97. The Labute approximate surface area is 135 Å². The Bertz CT molecular complexity index is 696. The molecule has 1 fully saturated rings. The number of carbonyl (C=O) groups excluding carboxylic acids is 1. The van der Waals surface area contributed by atoms with E-state index in [0.29, 0.717) is 5.56 Å². The molecule has 0 aliphatic carbocycles. The summed E-state index contributed by atoms with van der Waals surface area (Å²) in [5.74, 6) is -0.207. The van der Waals surface area contributed by atoms with E-state index in [1.54, 1.807) is 0 Å². The van der Waals surface area contributed by atoms with Crippen molar-refractivity contribution in [3.63, 3.8) is 0 Å². The van der Waals surface area contributed by atoms with Gasteiger partial charge in [-0.05, 0) is 18.2 Å². The van der Waals surface area contributed by atoms with Crippen molar-refractivity contribution in [1.29, 1.82) is 0 Å². The van der Waals surface area contributed by atoms with Crippen LogP contribution in [0.2, 0.25) is 0 Å². The molecule has 0 radical (unpaired) electrons. The van der Waals surface area contributed by atoms with Crippen molar-refractivity contribution < 1.29 is 9.53 Å². The monoisotopic (exact) mass is 309 g/mol. The third-order valence-corrected chi connectivity index (χ3v) is 4.52. The van der Waals surface area contributed by atoms with E-state index in [1.807, 2.05) is 42.6 Å². The number of cyclic esters (lactones) is 1. The summed E-state index contributed by atoms with van der Waals surface area (Å²) in [6.45, 7) is 4.55. The van der Waals surface area contributed by atoms with E-state index in [-0.39, 0.29) is 12.2 Å². The summed E-state index contributed by atoms with van der Waals surface area (Å²) < 4.78 is 5.58. The Morgan fingerprint density at radius 2 is 1.83 bits per heavy atom. The number of rotatable bonds is 3. The number of ether oxygens (including phenoxy) is 1. The predicted octanol–water partition coefficient (Wildman–Crippen LogP) is 2.07. The summed E-state index contributed by atoms with van der Waals surface area (Å²) in [4.78, 5) is 21.0. The van der Waals surface area contributed by atoms with Gasteiger partial charge in [-0.2, -0.15) is 0 Å². The minimum absolute atomic E-state index is 0.207. The highest BCUT2D eigenvalue weighted by Crippen LogP contribution is 2.33. The molecule has 1 aromatic heterocycles. The molecule has 0 saturated carbocycles. The number of piperazine rings is 1. The van der Waals surface area contributed by atoms with Gasteiger partial charge in [-0.25, -0.2) is 4.79 Å². The summed E-state index contributed by atoms with van der Waals surface area (Å²) in [5.41, 5.74) is 2.79. The van der Waals surface area contributed by atoms with Crippen molar-refractivity contribution in [3.05, 3.63) is 65.5 Å². The molecule has 3 heterocycles. The average Bonchev–Trinajstić information content (AvgIpc) is 2.94. The van der Waals surface area contributed by atoms with Crippen molar-refractivity contribution >= 4 is 5.97 Å². The van der Waals surface area contributed by atoms with Crippen LogP contribution < -0.4 is 0 Å². The van der Waals surface area contributed by atoms with Gasteiger partial charge in [-0.15, -0.1) is 0 Å². The molecular formula is C18H19N3O2. The fourth-order valence-corrected chi connectivity index (χ4v) is 3.27. The molecule has 0 amide bonds. The van der Waals surface area contributed by atoms with Crippen LogP contribution in [-0.4, -0.2) is 46.9 Å². The standard InChI is InChI=1S/C18H19N3O2/c22-18-16-7-2-1-6-15(16)17(23-18)21-11-9-20(10-12-21)13-14-5-3-4-8-19-14/h1-8,17H,9-13H2. The molecule has 5 nitrogen and oxygen atoms in total. The zero-order valence-electron chi connectivity index (χ0n) is 12.9. The maximum absolute atomic E-state index is 12.0. The summed E-state index contributed by atoms with van der Waals surface area (Å²) in [7, 11) is 0. The van der Waals surface area contributed by atoms with Crippen LogP contribution in [0, 0.1) is 0 Å². The van der Waals surface area contributed by atoms with Crippen molar-refractivity contribution in [2.45, 2.75) is 12.8 Å². The van der Waals surface area contributed by atoms with E-state index in [0.717, 1.165) is 44.0 Å². The zero-order valence-corrected chi connectivity index (χ0v) is 12.9. The van der Waals surface area contributed by atoms with Crippen LogP contribution in [0.5, 0.6) is 0 Å². The number of esters is 1. The molecule has 2 aromatic rings. The average molecular weight is 309 g/mol. The first-order valence-electron chi connectivity index (χ1n) is 7.97. The van der Waals surface area contributed by atoms with Crippen LogP contribution in [0.15, 0.2) is 48.7 Å². The van der Waals surface area contributed by atoms with Gasteiger partial charge in [0.15, 0.2) is 6.23 Å². The van der Waals surface area contributed by atoms with E-state index < -0.39 is 0 Å². The highest BCUT2D eigenvalue weighted by molar-refractivity contribution is 5.93. The maximum Gasteiger partial charge on any atom is 0.340 e. The second-order valence-electron chi connectivity index (χ2n) is 5.98. The smallest absolute Gasteiger partial charge is 0.340 e. The zero-order chi connectivity index (χ0) is 15.6. The molecular weight excluding hydrogens is 290 g/mol. The number of hydrogen-bond donors (Lipinski definition) is 0. The molecule has 1 unspecified atom stereocenters. The number of hydrogen-bond acceptors (Lipinski definition) is 5. The van der Waals surface area contributed by atoms with Crippen LogP contribution >= 0.6 is 0 Å². The van der Waals surface area contributed by atoms with Gasteiger partial charge in [0.1, 0.15) is 0 Å². The topological polar surface area (TPSA) is 45.7 Å². The molecule has 118 valence electrons. The number of nitrogens with zero attached hydrogens (tertiary/aromatic N) is 3. The Balaban J connectivity index is 1.40. The molecule has 0 N–H and O–H groups in total. The van der Waals surface area contributed by atoms with E-state index in [1.165, 1.54) is 0 Å². The lowest BCUT2D eigenvalue weighted by Crippen LogP contribution is -2.47. The van der Waals surface area contributed by atoms with Crippen LogP contribution in [0.4, 0.5) is 0 Å². The molecule has 2 aliphatic rings. The first kappa shape index (κ1) is 14.4. The third-order valence-electron chi connectivity index (χ3n) is 4.52. The van der Waals surface area contributed by atoms with Crippen LogP contribution in [0.3, 0.4) is 0 Å². The Hall–Kier alpha value is -2.24. The minimum Gasteiger partial charge on any atom is -0.438 e. The molecule has 2 aliphatic heterocycles. The van der Waals surface area contributed by atoms with E-state index in [9.17, 15) is 4.79 Å². The van der Waals surface area contributed by atoms with E-state index >= 15 is 0 Å². The van der Waals surface area contributed by atoms with Gasteiger partial charge in [0.2, 0.25) is 0 Å². The summed E-state index contributed by atoms with van der Waals surface area (Å²) in [6, 6.07) is 13.7. The van der Waals surface area contributed by atoms with Crippen LogP contribution in [0.1, 0.15) is 27.8 Å². The Morgan fingerprint density at radius 3 is 2.61 bits per heavy atom. The second kappa shape index (κ2) is 6.10. The maximum atomic E-state index is 12.0. The molecule has 5 heteroatoms. The molecule has 1 aromatic carbocycles. The largest absolute Gasteiger partial charge is 0.438 e. The highest BCUT2D eigenvalue weighted by atomic mass is 16.6. The van der Waals surface area contributed by atoms with Crippen LogP contribution in [0.25, 0.3) is 0 Å². The van der Waals surface area contributed by atoms with Gasteiger partial charge in [0.05, 0.1) is 11.3 Å². The first-order chi connectivity index (χ1) is 11.3. The van der Waals surface area contributed by atoms with Gasteiger partial charge < -0.3 is 4.74 Å². The number of benzene rings is 1. The summed E-state index contributed by atoms with van der Waals surface area (Å²) >= 11 is 0. The van der Waals surface area contributed by atoms with Gasteiger partial charge >= 0.3 is 5.97 Å². The molecule has 1 saturated heterocycles. The molecule has 23 heavy (non-hydrogen) atoms. The minimum atomic E-state index is -0.226. The number of fused-ring (bicyclic) bond motifs is 1. The summed E-state index contributed by atoms with van der Waals surface area (Å²) in [6.07, 6.45) is 1.61. The van der Waals surface area contributed by atoms with Gasteiger partial charge in [-0.3, -0.25) is 14.8 Å². The predicted molar refractivity (Wildman–Crippen MR) is 85.7 cm³/mol. The number of carbonyl (C=O) groups is 1. The second-order valence-corrected chi connectivity index (χ2v) is 5.98. The molecule has 4 rings (SSSR count). The van der Waals surface area contributed by atoms with Gasteiger partial charge in [0.25, 0.3) is 0 Å². The number of pyridine rings is 1.